The van der Waals surface area contributed by atoms with Crippen molar-refractivity contribution in [3.05, 3.63) is 29.8 Å². The van der Waals surface area contributed by atoms with Crippen molar-refractivity contribution in [2.45, 2.75) is 64.3 Å². The third-order valence-corrected chi connectivity index (χ3v) is 5.79. The molecule has 1 fully saturated rings. The molecule has 0 aromatic heterocycles. The van der Waals surface area contributed by atoms with Crippen molar-refractivity contribution in [2.75, 3.05) is 11.9 Å². The molecule has 1 amide bonds. The highest BCUT2D eigenvalue weighted by atomic mass is 16.2. The van der Waals surface area contributed by atoms with Gasteiger partial charge in [-0.15, -0.1) is 0 Å². The fourth-order valence-corrected chi connectivity index (χ4v) is 3.73. The molecule has 1 aromatic rings. The molecule has 0 atom stereocenters. The van der Waals surface area contributed by atoms with Gasteiger partial charge in [0.05, 0.1) is 5.41 Å². The number of rotatable bonds is 4. The predicted molar refractivity (Wildman–Crippen MR) is 91.1 cm³/mol. The van der Waals surface area contributed by atoms with E-state index in [1.165, 1.54) is 12.0 Å². The second-order valence-electron chi connectivity index (χ2n) is 7.75. The van der Waals surface area contributed by atoms with E-state index in [9.17, 15) is 4.79 Å². The lowest BCUT2D eigenvalue weighted by molar-refractivity contribution is -0.122. The molecule has 1 saturated carbocycles. The van der Waals surface area contributed by atoms with Crippen LogP contribution >= 0.6 is 0 Å². The number of benzene rings is 1. The summed E-state index contributed by atoms with van der Waals surface area (Å²) in [6, 6.07) is 8.75. The van der Waals surface area contributed by atoms with E-state index in [2.05, 4.69) is 43.5 Å². The maximum absolute atomic E-state index is 12.5. The van der Waals surface area contributed by atoms with Crippen molar-refractivity contribution in [3.63, 3.8) is 0 Å². The number of carbonyl (C=O) groups is 1. The van der Waals surface area contributed by atoms with Gasteiger partial charge in [0.2, 0.25) is 5.91 Å². The Morgan fingerprint density at radius 1 is 1.27 bits per heavy atom. The number of anilines is 1. The first-order valence-corrected chi connectivity index (χ1v) is 8.61. The van der Waals surface area contributed by atoms with Gasteiger partial charge in [0, 0.05) is 18.3 Å². The van der Waals surface area contributed by atoms with Crippen LogP contribution in [0.25, 0.3) is 0 Å². The normalized spacial score (nSPS) is 27.8. The van der Waals surface area contributed by atoms with E-state index in [-0.39, 0.29) is 11.3 Å². The lowest BCUT2D eigenvalue weighted by Crippen LogP contribution is -2.45. The van der Waals surface area contributed by atoms with Gasteiger partial charge in [-0.25, -0.2) is 0 Å². The van der Waals surface area contributed by atoms with Crippen LogP contribution in [0.5, 0.6) is 0 Å². The molecule has 1 aliphatic heterocycles. The van der Waals surface area contributed by atoms with Crippen molar-refractivity contribution >= 4 is 11.6 Å². The van der Waals surface area contributed by atoms with Gasteiger partial charge in [-0.1, -0.05) is 39.0 Å². The molecule has 1 spiro atoms. The van der Waals surface area contributed by atoms with E-state index in [4.69, 9.17) is 0 Å². The van der Waals surface area contributed by atoms with Gasteiger partial charge in [-0.2, -0.15) is 0 Å². The number of hydrogen-bond acceptors (Lipinski definition) is 2. The van der Waals surface area contributed by atoms with Crippen LogP contribution < -0.4 is 10.6 Å². The first kappa shape index (κ1) is 15.5. The van der Waals surface area contributed by atoms with Crippen LogP contribution in [0.4, 0.5) is 5.69 Å². The molecule has 1 aliphatic carbocycles. The van der Waals surface area contributed by atoms with Crippen molar-refractivity contribution in [1.82, 2.24) is 5.32 Å². The van der Waals surface area contributed by atoms with E-state index < -0.39 is 0 Å². The van der Waals surface area contributed by atoms with Gasteiger partial charge < -0.3 is 10.6 Å². The van der Waals surface area contributed by atoms with Gasteiger partial charge in [0.25, 0.3) is 0 Å². The molecular formula is C19H28N2O. The molecule has 3 nitrogen and oxygen atoms in total. The summed E-state index contributed by atoms with van der Waals surface area (Å²) in [5.74, 6) is 0.209. The molecule has 1 aromatic carbocycles. The SMILES string of the molecule is CCC(C)(C)CNC1CCC2(CC1)C(=O)Nc1ccccc12. The Morgan fingerprint density at radius 3 is 2.64 bits per heavy atom. The average Bonchev–Trinajstić information content (AvgIpc) is 2.80. The third-order valence-electron chi connectivity index (χ3n) is 5.79. The maximum Gasteiger partial charge on any atom is 0.235 e. The summed E-state index contributed by atoms with van der Waals surface area (Å²) in [6.07, 6.45) is 5.27. The van der Waals surface area contributed by atoms with E-state index in [0.29, 0.717) is 11.5 Å². The second kappa shape index (κ2) is 5.69. The molecule has 22 heavy (non-hydrogen) atoms. The average molecular weight is 300 g/mol. The van der Waals surface area contributed by atoms with Crippen molar-refractivity contribution < 1.29 is 4.79 Å². The molecular weight excluding hydrogens is 272 g/mol. The number of amides is 1. The molecule has 3 rings (SSSR count). The van der Waals surface area contributed by atoms with Gasteiger partial charge in [0.15, 0.2) is 0 Å². The third kappa shape index (κ3) is 2.67. The number of carbonyl (C=O) groups excluding carboxylic acids is 1. The van der Waals surface area contributed by atoms with Crippen molar-refractivity contribution in [3.8, 4) is 0 Å². The Balaban J connectivity index is 1.66. The molecule has 0 saturated heterocycles. The molecule has 2 aliphatic rings. The van der Waals surface area contributed by atoms with E-state index in [0.717, 1.165) is 37.9 Å². The Hall–Kier alpha value is -1.35. The zero-order valence-corrected chi connectivity index (χ0v) is 14.0. The number of fused-ring (bicyclic) bond motifs is 2. The zero-order valence-electron chi connectivity index (χ0n) is 14.0. The molecule has 120 valence electrons. The Kier molecular flexibility index (Phi) is 4.02. The van der Waals surface area contributed by atoms with Crippen LogP contribution in [-0.4, -0.2) is 18.5 Å². The number of hydrogen-bond donors (Lipinski definition) is 2. The lowest BCUT2D eigenvalue weighted by atomic mass is 9.69. The molecule has 1 heterocycles. The topological polar surface area (TPSA) is 41.1 Å². The summed E-state index contributed by atoms with van der Waals surface area (Å²) in [7, 11) is 0. The quantitative estimate of drug-likeness (QED) is 0.887. The molecule has 0 radical (unpaired) electrons. The van der Waals surface area contributed by atoms with Crippen LogP contribution in [0.1, 0.15) is 58.4 Å². The number of nitrogens with one attached hydrogen (secondary N) is 2. The van der Waals surface area contributed by atoms with E-state index >= 15 is 0 Å². The first-order chi connectivity index (χ1) is 10.5. The van der Waals surface area contributed by atoms with Gasteiger partial charge in [-0.3, -0.25) is 4.79 Å². The van der Waals surface area contributed by atoms with Crippen LogP contribution in [0.3, 0.4) is 0 Å². The summed E-state index contributed by atoms with van der Waals surface area (Å²) in [4.78, 5) is 12.5. The summed E-state index contributed by atoms with van der Waals surface area (Å²) >= 11 is 0. The first-order valence-electron chi connectivity index (χ1n) is 8.61. The lowest BCUT2D eigenvalue weighted by Gasteiger charge is -2.37. The van der Waals surface area contributed by atoms with Crippen LogP contribution in [-0.2, 0) is 10.2 Å². The highest BCUT2D eigenvalue weighted by Crippen LogP contribution is 2.47. The van der Waals surface area contributed by atoms with Crippen LogP contribution in [0.2, 0.25) is 0 Å². The predicted octanol–water partition coefficient (Wildman–Crippen LogP) is 3.84. The van der Waals surface area contributed by atoms with E-state index in [1.807, 2.05) is 12.1 Å². The highest BCUT2D eigenvalue weighted by Gasteiger charge is 2.48. The van der Waals surface area contributed by atoms with Crippen LogP contribution in [0, 0.1) is 5.41 Å². The smallest absolute Gasteiger partial charge is 0.235 e. The standard InChI is InChI=1S/C19H28N2O/c1-4-18(2,3)13-20-14-9-11-19(12-10-14)15-7-5-6-8-16(15)21-17(19)22/h5-8,14,20H,4,9-13H2,1-3H3,(H,21,22). The Labute approximate surface area is 133 Å². The summed E-state index contributed by atoms with van der Waals surface area (Å²) in [5.41, 5.74) is 2.32. The minimum absolute atomic E-state index is 0.209. The largest absolute Gasteiger partial charge is 0.325 e. The Morgan fingerprint density at radius 2 is 1.95 bits per heavy atom. The van der Waals surface area contributed by atoms with Crippen molar-refractivity contribution in [2.24, 2.45) is 5.41 Å². The van der Waals surface area contributed by atoms with Crippen LogP contribution in [0.15, 0.2) is 24.3 Å². The Bertz CT molecular complexity index is 556. The fraction of sp³-hybridized carbons (Fsp3) is 0.632. The van der Waals surface area contributed by atoms with Gasteiger partial charge >= 0.3 is 0 Å². The summed E-state index contributed by atoms with van der Waals surface area (Å²) < 4.78 is 0. The molecule has 2 N–H and O–H groups in total. The monoisotopic (exact) mass is 300 g/mol. The minimum Gasteiger partial charge on any atom is -0.325 e. The molecule has 0 unspecified atom stereocenters. The second-order valence-corrected chi connectivity index (χ2v) is 7.75. The zero-order chi connectivity index (χ0) is 15.8. The number of para-hydroxylation sites is 1. The maximum atomic E-state index is 12.5. The highest BCUT2D eigenvalue weighted by molar-refractivity contribution is 6.06. The van der Waals surface area contributed by atoms with Gasteiger partial charge in [-0.05, 0) is 49.1 Å². The minimum atomic E-state index is -0.269. The van der Waals surface area contributed by atoms with Gasteiger partial charge in [0.1, 0.15) is 0 Å². The summed E-state index contributed by atoms with van der Waals surface area (Å²) in [5, 5.41) is 6.81. The molecule has 3 heteroatoms. The summed E-state index contributed by atoms with van der Waals surface area (Å²) in [6.45, 7) is 7.93. The fourth-order valence-electron chi connectivity index (χ4n) is 3.73. The van der Waals surface area contributed by atoms with Crippen molar-refractivity contribution in [1.29, 1.82) is 0 Å². The molecule has 0 bridgehead atoms. The van der Waals surface area contributed by atoms with E-state index in [1.54, 1.807) is 0 Å².